The zero-order valence-electron chi connectivity index (χ0n) is 59.7. The number of anilines is 2. The van der Waals surface area contributed by atoms with Crippen LogP contribution in [0.3, 0.4) is 0 Å². The minimum atomic E-state index is -0.931. The molecule has 32 heteroatoms. The van der Waals surface area contributed by atoms with E-state index in [0.29, 0.717) is 21.4 Å². The van der Waals surface area contributed by atoms with E-state index >= 15 is 0 Å². The van der Waals surface area contributed by atoms with Crippen LogP contribution in [-0.4, -0.2) is 101 Å². The topological polar surface area (TPSA) is 390 Å². The highest BCUT2D eigenvalue weighted by atomic mass is 32.1. The fraction of sp³-hybridized carbons (Fsp3) is 0.0488. The van der Waals surface area contributed by atoms with Crippen molar-refractivity contribution in [2.75, 3.05) is 17.5 Å². The minimum absolute atomic E-state index is 0.000728. The lowest BCUT2D eigenvalue weighted by molar-refractivity contribution is -0.135. The fourth-order valence-electron chi connectivity index (χ4n) is 9.16. The summed E-state index contributed by atoms with van der Waals surface area (Å²) in [5.41, 5.74) is 8.13. The lowest BCUT2D eigenvalue weighted by atomic mass is 10.1. The van der Waals surface area contributed by atoms with Crippen LogP contribution >= 0.6 is 22.7 Å². The second-order valence-corrected chi connectivity index (χ2v) is 24.3. The normalized spacial score (nSPS) is 10.5. The number of para-hydroxylation sites is 2. The van der Waals surface area contributed by atoms with Crippen LogP contribution in [0.2, 0.25) is 0 Å². The highest BCUT2D eigenvalue weighted by molar-refractivity contribution is 7.22. The molecule has 8 aromatic carbocycles. The van der Waals surface area contributed by atoms with Gasteiger partial charge < -0.3 is 56.8 Å². The van der Waals surface area contributed by atoms with Crippen LogP contribution in [0.25, 0.3) is 20.4 Å². The number of nitrogens with one attached hydrogen (secondary N) is 2. The van der Waals surface area contributed by atoms with Gasteiger partial charge in [-0.2, -0.15) is 10.2 Å². The van der Waals surface area contributed by atoms with Gasteiger partial charge in [0.2, 0.25) is 10.3 Å². The van der Waals surface area contributed by atoms with Crippen LogP contribution in [0.5, 0.6) is 63.2 Å². The Labute approximate surface area is 654 Å². The molecule has 0 unspecified atom stereocenters. The maximum atomic E-state index is 13.4. The number of hydrogen-bond donors (Lipinski definition) is 2. The summed E-state index contributed by atoms with van der Waals surface area (Å²) >= 11 is 2.72. The number of thiazole rings is 2. The molecular weight excluding hydrogens is 1520 g/mol. The summed E-state index contributed by atoms with van der Waals surface area (Å²) in [6.07, 6.45) is 9.22. The number of nitrogens with zero attached hydrogens (tertiary/aromatic N) is 4. The van der Waals surface area contributed by atoms with Crippen molar-refractivity contribution in [3.63, 3.8) is 0 Å². The van der Waals surface area contributed by atoms with Gasteiger partial charge in [-0.1, -0.05) is 106 Å². The number of carbonyl (C=O) groups is 12. The maximum Gasteiger partial charge on any atom is 0.343 e. The number of rotatable bonds is 32. The van der Waals surface area contributed by atoms with Gasteiger partial charge in [0.25, 0.3) is 0 Å². The molecule has 0 aliphatic rings. The monoisotopic (exact) mass is 1580 g/mol. The molecular formula is C82H60N6O24S2. The molecule has 2 N–H and O–H groups in total. The van der Waals surface area contributed by atoms with Gasteiger partial charge in [0.05, 0.1) is 61.7 Å². The van der Waals surface area contributed by atoms with E-state index in [1.807, 2.05) is 48.5 Å². The first-order valence-electron chi connectivity index (χ1n) is 33.1. The Kier molecular flexibility index (Phi) is 28.9. The third kappa shape index (κ3) is 23.2. The van der Waals surface area contributed by atoms with Crippen molar-refractivity contribution >= 4 is 137 Å². The number of aromatic nitrogens is 2. The molecule has 114 heavy (non-hydrogen) atoms. The summed E-state index contributed by atoms with van der Waals surface area (Å²) < 4.78 is 65.5. The summed E-state index contributed by atoms with van der Waals surface area (Å²) in [4.78, 5) is 157. The molecule has 0 fully saturated rings. The van der Waals surface area contributed by atoms with Gasteiger partial charge in [0, 0.05) is 66.5 Å². The average molecular weight is 1580 g/mol. The molecule has 0 aliphatic carbocycles. The predicted octanol–water partition coefficient (Wildman–Crippen LogP) is 13.5. The summed E-state index contributed by atoms with van der Waals surface area (Å²) in [6, 6.07) is 38.7. The van der Waals surface area contributed by atoms with Gasteiger partial charge in [0.15, 0.2) is 46.0 Å². The van der Waals surface area contributed by atoms with Crippen LogP contribution in [0, 0.1) is 0 Å². The second kappa shape index (κ2) is 39.9. The van der Waals surface area contributed by atoms with Gasteiger partial charge >= 0.3 is 71.6 Å². The Bertz CT molecular complexity index is 5550. The minimum Gasteiger partial charge on any atom is -0.462 e. The van der Waals surface area contributed by atoms with Crippen LogP contribution < -0.4 is 63.0 Å². The van der Waals surface area contributed by atoms with Crippen LogP contribution in [0.4, 0.5) is 10.3 Å². The molecule has 0 aliphatic heterocycles. The van der Waals surface area contributed by atoms with Crippen molar-refractivity contribution in [2.45, 2.75) is 19.8 Å². The third-order valence-electron chi connectivity index (χ3n) is 14.5. The SMILES string of the molecule is C=CC(=O)Oc1ccc(C(=O)OCCc2ccc(OC(=O)c3ccc(OC(=O)C=C)c(OC(=O)CC)c3)c(/C=N/Nc3nc4ccccc4s3)c2)cc1OC(=O)C=C.C=CC(=O)Oc1ccc(C(=O)Oc2ccc(OC(=O)c3ccc(OC(=O)C=C)c(OC(=O)C=C)c3)c(/C=N/Nc3nc4ccccc4s3)c2)cc1OC(=O)C=C. The smallest absolute Gasteiger partial charge is 0.343 e. The van der Waals surface area contributed by atoms with E-state index in [0.717, 1.165) is 75.1 Å². The molecule has 0 spiro atoms. The molecule has 2 heterocycles. The summed E-state index contributed by atoms with van der Waals surface area (Å²) in [5.74, 6) is -11.5. The Morgan fingerprint density at radius 1 is 0.360 bits per heavy atom. The number of hydrazone groups is 2. The summed E-state index contributed by atoms with van der Waals surface area (Å²) in [5, 5.41) is 9.51. The highest BCUT2D eigenvalue weighted by Crippen LogP contribution is 2.36. The van der Waals surface area contributed by atoms with E-state index in [-0.39, 0.29) is 111 Å². The van der Waals surface area contributed by atoms with Crippen molar-refractivity contribution in [1.82, 2.24) is 9.97 Å². The Morgan fingerprint density at radius 3 is 1.07 bits per heavy atom. The molecule has 30 nitrogen and oxygen atoms in total. The van der Waals surface area contributed by atoms with E-state index in [1.165, 1.54) is 120 Å². The van der Waals surface area contributed by atoms with Gasteiger partial charge in [-0.15, -0.1) is 0 Å². The standard InChI is InChI=1S/C42H33N3O12S.C40H27N3O12S/c1-5-36(46)53-31-17-14-26(22-33(31)55-38(48)7-3)40(50)52-20-19-25-13-16-30(28(21-25)24-43-45-42-44-29-11-9-10-12-35(29)58-42)57-41(51)27-15-18-32(54-37(47)6-2)34(23-27)56-39(49)8-4;1-5-34(44)51-29-16-13-23(20-31(29)53-36(46)7-3)38(48)50-26-15-18-28(25(19-26)22-41-43-40-42-27-11-9-10-12-33(27)56-40)55-39(49)24-14-17-30(52-35(45)6-2)32(21-24)54-37(47)8-4/h5-7,9-18,21-24H,1-3,8,19-20H2,4H3,(H,44,45);5-22H,1-4H2,(H,42,43)/b43-24+;41-22+. The Hall–Kier alpha value is -15.7. The summed E-state index contributed by atoms with van der Waals surface area (Å²) in [7, 11) is 0. The van der Waals surface area contributed by atoms with Gasteiger partial charge in [-0.25, -0.2) is 62.7 Å². The van der Waals surface area contributed by atoms with Crippen molar-refractivity contribution in [1.29, 1.82) is 0 Å². The highest BCUT2D eigenvalue weighted by Gasteiger charge is 2.24. The summed E-state index contributed by atoms with van der Waals surface area (Å²) in [6.45, 7) is 24.8. The first-order valence-corrected chi connectivity index (χ1v) is 34.7. The molecule has 0 atom stereocenters. The Balaban J connectivity index is 0.000000261. The van der Waals surface area contributed by atoms with E-state index < -0.39 is 71.6 Å². The van der Waals surface area contributed by atoms with Crippen molar-refractivity contribution in [2.24, 2.45) is 10.2 Å². The number of hydrogen-bond acceptors (Lipinski definition) is 32. The number of fused-ring (bicyclic) bond motifs is 2. The zero-order valence-corrected chi connectivity index (χ0v) is 61.3. The molecule has 0 amide bonds. The molecule has 0 saturated carbocycles. The largest absolute Gasteiger partial charge is 0.462 e. The first kappa shape index (κ1) is 82.4. The molecule has 0 radical (unpaired) electrons. The third-order valence-corrected chi connectivity index (χ3v) is 16.4. The second-order valence-electron chi connectivity index (χ2n) is 22.2. The molecule has 2 aromatic heterocycles. The van der Waals surface area contributed by atoms with Crippen LogP contribution in [-0.2, 0) is 49.5 Å². The number of carbonyl (C=O) groups excluding carboxylic acids is 12. The number of benzene rings is 8. The van der Waals surface area contributed by atoms with Crippen molar-refractivity contribution in [3.05, 3.63) is 285 Å². The van der Waals surface area contributed by atoms with Crippen LogP contribution in [0.1, 0.15) is 71.5 Å². The average Bonchev–Trinajstić information content (AvgIpc) is 1.45. The number of esters is 12. The Morgan fingerprint density at radius 2 is 0.693 bits per heavy atom. The lowest BCUT2D eigenvalue weighted by Gasteiger charge is -2.13. The van der Waals surface area contributed by atoms with E-state index in [1.54, 1.807) is 19.1 Å². The predicted molar refractivity (Wildman–Crippen MR) is 416 cm³/mol. The van der Waals surface area contributed by atoms with Gasteiger partial charge in [-0.3, -0.25) is 15.6 Å². The molecule has 10 aromatic rings. The molecule has 574 valence electrons. The van der Waals surface area contributed by atoms with E-state index in [2.05, 4.69) is 77.1 Å². The van der Waals surface area contributed by atoms with Gasteiger partial charge in [-0.05, 0) is 133 Å². The zero-order chi connectivity index (χ0) is 81.8. The number of ether oxygens (including phenoxy) is 12. The quantitative estimate of drug-likeness (QED) is 0.0130. The van der Waals surface area contributed by atoms with Gasteiger partial charge in [0.1, 0.15) is 17.2 Å². The van der Waals surface area contributed by atoms with Crippen LogP contribution in [0.15, 0.2) is 257 Å². The maximum absolute atomic E-state index is 13.4. The molecule has 0 bridgehead atoms. The van der Waals surface area contributed by atoms with E-state index in [4.69, 9.17) is 56.8 Å². The molecule has 0 saturated heterocycles. The van der Waals surface area contributed by atoms with E-state index in [9.17, 15) is 57.5 Å². The first-order chi connectivity index (χ1) is 55.0. The van der Waals surface area contributed by atoms with Crippen molar-refractivity contribution in [3.8, 4) is 63.2 Å². The fourth-order valence-corrected chi connectivity index (χ4v) is 10.8. The van der Waals surface area contributed by atoms with Crippen molar-refractivity contribution < 1.29 is 114 Å². The lowest BCUT2D eigenvalue weighted by Crippen LogP contribution is -2.13. The molecule has 10 rings (SSSR count).